The topological polar surface area (TPSA) is 21.6 Å². The van der Waals surface area contributed by atoms with E-state index >= 15 is 0 Å². The Hall–Kier alpha value is -1.49. The van der Waals surface area contributed by atoms with Crippen LogP contribution in [0.5, 0.6) is 0 Å². The van der Waals surface area contributed by atoms with Crippen LogP contribution in [0.1, 0.15) is 19.3 Å². The lowest BCUT2D eigenvalue weighted by atomic mass is 10.1. The molecule has 2 heteroatoms. The molecule has 0 heterocycles. The Morgan fingerprint density at radius 3 is 3.23 bits per heavy atom. The van der Waals surface area contributed by atoms with Crippen LogP contribution in [0.25, 0.3) is 0 Å². The smallest absolute Gasteiger partial charge is 0.177 e. The maximum atomic E-state index is 4.98. The first-order valence-corrected chi connectivity index (χ1v) is 4.36. The summed E-state index contributed by atoms with van der Waals surface area (Å²) in [6.07, 6.45) is 16.3. The third-order valence-electron chi connectivity index (χ3n) is 1.70. The molecule has 0 aromatic rings. The third-order valence-corrected chi connectivity index (χ3v) is 1.70. The van der Waals surface area contributed by atoms with Gasteiger partial charge in [0.2, 0.25) is 0 Å². The number of terminal acetylenes is 1. The number of hydrogen-bond donors (Lipinski definition) is 0. The Bertz CT molecular complexity index is 268. The van der Waals surface area contributed by atoms with Gasteiger partial charge in [0.1, 0.15) is 0 Å². The zero-order valence-electron chi connectivity index (χ0n) is 7.57. The van der Waals surface area contributed by atoms with E-state index in [9.17, 15) is 0 Å². The summed E-state index contributed by atoms with van der Waals surface area (Å²) in [5.41, 5.74) is 1.29. The minimum atomic E-state index is 0.241. The van der Waals surface area contributed by atoms with Crippen molar-refractivity contribution in [1.29, 1.82) is 0 Å². The summed E-state index contributed by atoms with van der Waals surface area (Å²) in [5, 5.41) is 3.71. The molecule has 1 aliphatic carbocycles. The first kappa shape index (κ1) is 9.60. The third kappa shape index (κ3) is 4.17. The normalized spacial score (nSPS) is 15.5. The molecule has 0 N–H and O–H groups in total. The first-order chi connectivity index (χ1) is 6.43. The second-order valence-corrected chi connectivity index (χ2v) is 2.73. The van der Waals surface area contributed by atoms with Crippen molar-refractivity contribution >= 4 is 6.21 Å². The van der Waals surface area contributed by atoms with Crippen molar-refractivity contribution in [3.63, 3.8) is 0 Å². The molecule has 0 fully saturated rings. The summed E-state index contributed by atoms with van der Waals surface area (Å²) in [4.78, 5) is 4.76. The molecule has 0 amide bonds. The minimum Gasteiger partial charge on any atom is -0.383 e. The van der Waals surface area contributed by atoms with Crippen molar-refractivity contribution in [2.24, 2.45) is 5.16 Å². The van der Waals surface area contributed by atoms with Crippen molar-refractivity contribution < 1.29 is 4.84 Å². The Labute approximate surface area is 79.0 Å². The van der Waals surface area contributed by atoms with Gasteiger partial charge in [-0.2, -0.15) is 0 Å². The van der Waals surface area contributed by atoms with E-state index in [2.05, 4.69) is 29.3 Å². The van der Waals surface area contributed by atoms with E-state index < -0.39 is 0 Å². The maximum absolute atomic E-state index is 4.98. The molecule has 0 atom stereocenters. The van der Waals surface area contributed by atoms with Crippen molar-refractivity contribution in [1.82, 2.24) is 0 Å². The molecule has 0 unspecified atom stereocenters. The molecule has 0 bridgehead atoms. The maximum Gasteiger partial charge on any atom is 0.177 e. The van der Waals surface area contributed by atoms with Gasteiger partial charge < -0.3 is 4.84 Å². The monoisotopic (exact) mass is 175 g/mol. The molecule has 0 aromatic carbocycles. The van der Waals surface area contributed by atoms with Crippen LogP contribution in [-0.2, 0) is 4.84 Å². The number of rotatable bonds is 4. The van der Waals surface area contributed by atoms with Gasteiger partial charge in [0.25, 0.3) is 0 Å². The van der Waals surface area contributed by atoms with Crippen molar-refractivity contribution in [2.75, 3.05) is 6.61 Å². The van der Waals surface area contributed by atoms with Gasteiger partial charge in [0, 0.05) is 12.6 Å². The van der Waals surface area contributed by atoms with Crippen LogP contribution in [0, 0.1) is 12.3 Å². The fourth-order valence-electron chi connectivity index (χ4n) is 1.09. The highest BCUT2D eigenvalue weighted by molar-refractivity contribution is 5.61. The van der Waals surface area contributed by atoms with Gasteiger partial charge in [-0.1, -0.05) is 29.3 Å². The van der Waals surface area contributed by atoms with Crippen LogP contribution in [0.4, 0.5) is 0 Å². The van der Waals surface area contributed by atoms with E-state index in [4.69, 9.17) is 11.3 Å². The fourth-order valence-corrected chi connectivity index (χ4v) is 1.09. The van der Waals surface area contributed by atoms with E-state index in [-0.39, 0.29) is 6.61 Å². The summed E-state index contributed by atoms with van der Waals surface area (Å²) < 4.78 is 0. The predicted octanol–water partition coefficient (Wildman–Crippen LogP) is 2.29. The average Bonchev–Trinajstić information content (AvgIpc) is 2.19. The van der Waals surface area contributed by atoms with Crippen molar-refractivity contribution in [3.8, 4) is 12.3 Å². The highest BCUT2D eigenvalue weighted by Crippen LogP contribution is 2.11. The molecule has 0 saturated heterocycles. The standard InChI is InChI=1S/C11H13NO/c1-2-10-13-12-9-8-11-6-4-3-5-7-11/h1,4,6-7,9H,3,5,8,10H2. The van der Waals surface area contributed by atoms with Gasteiger partial charge >= 0.3 is 0 Å². The van der Waals surface area contributed by atoms with Gasteiger partial charge in [-0.3, -0.25) is 0 Å². The first-order valence-electron chi connectivity index (χ1n) is 4.36. The summed E-state index contributed by atoms with van der Waals surface area (Å²) in [6.45, 7) is 0.241. The van der Waals surface area contributed by atoms with Gasteiger partial charge in [0.15, 0.2) is 6.61 Å². The van der Waals surface area contributed by atoms with Crippen LogP contribution in [0.3, 0.4) is 0 Å². The number of oxime groups is 1. The van der Waals surface area contributed by atoms with Gasteiger partial charge in [-0.05, 0) is 18.4 Å². The average molecular weight is 175 g/mol. The lowest BCUT2D eigenvalue weighted by Gasteiger charge is -2.02. The zero-order valence-corrected chi connectivity index (χ0v) is 7.57. The van der Waals surface area contributed by atoms with Crippen molar-refractivity contribution in [2.45, 2.75) is 19.3 Å². The number of allylic oxidation sites excluding steroid dienone is 4. The molecule has 0 saturated carbocycles. The highest BCUT2D eigenvalue weighted by atomic mass is 16.6. The molecule has 1 aliphatic rings. The summed E-state index contributed by atoms with van der Waals surface area (Å²) in [6, 6.07) is 0. The number of nitrogens with zero attached hydrogens (tertiary/aromatic N) is 1. The van der Waals surface area contributed by atoms with E-state index in [1.807, 2.05) is 0 Å². The molecule has 0 aliphatic heterocycles. The van der Waals surface area contributed by atoms with E-state index in [0.717, 1.165) is 19.3 Å². The second kappa shape index (κ2) is 6.07. The SMILES string of the molecule is C#CCON=CCC1=CCCC=C1. The van der Waals surface area contributed by atoms with Gasteiger partial charge in [0.05, 0.1) is 0 Å². The van der Waals surface area contributed by atoms with Gasteiger partial charge in [-0.15, -0.1) is 6.42 Å². The lowest BCUT2D eigenvalue weighted by Crippen LogP contribution is -1.88. The molecule has 0 radical (unpaired) electrons. The Morgan fingerprint density at radius 1 is 1.62 bits per heavy atom. The molecule has 2 nitrogen and oxygen atoms in total. The quantitative estimate of drug-likeness (QED) is 0.278. The van der Waals surface area contributed by atoms with E-state index in [1.54, 1.807) is 6.21 Å². The molecule has 68 valence electrons. The highest BCUT2D eigenvalue weighted by Gasteiger charge is 1.94. The van der Waals surface area contributed by atoms with Crippen LogP contribution < -0.4 is 0 Å². The summed E-state index contributed by atoms with van der Waals surface area (Å²) >= 11 is 0. The summed E-state index contributed by atoms with van der Waals surface area (Å²) in [7, 11) is 0. The molecule has 1 rings (SSSR count). The fraction of sp³-hybridized carbons (Fsp3) is 0.364. The largest absolute Gasteiger partial charge is 0.383 e. The minimum absolute atomic E-state index is 0.241. The molecule has 13 heavy (non-hydrogen) atoms. The van der Waals surface area contributed by atoms with E-state index in [1.165, 1.54) is 5.57 Å². The Kier molecular flexibility index (Phi) is 4.48. The van der Waals surface area contributed by atoms with Crippen LogP contribution in [0.2, 0.25) is 0 Å². The molecule has 0 spiro atoms. The van der Waals surface area contributed by atoms with Gasteiger partial charge in [-0.25, -0.2) is 0 Å². The number of hydrogen-bond acceptors (Lipinski definition) is 2. The molecular weight excluding hydrogens is 162 g/mol. The lowest BCUT2D eigenvalue weighted by molar-refractivity contribution is 0.181. The summed E-state index contributed by atoms with van der Waals surface area (Å²) in [5.74, 6) is 2.34. The Morgan fingerprint density at radius 2 is 2.54 bits per heavy atom. The van der Waals surface area contributed by atoms with Crippen molar-refractivity contribution in [3.05, 3.63) is 23.8 Å². The molecule has 0 aromatic heterocycles. The zero-order chi connectivity index (χ0) is 9.36. The second-order valence-electron chi connectivity index (χ2n) is 2.73. The molecular formula is C11H13NO. The van der Waals surface area contributed by atoms with Crippen LogP contribution in [-0.4, -0.2) is 12.8 Å². The Balaban J connectivity index is 2.18. The predicted molar refractivity (Wildman–Crippen MR) is 54.4 cm³/mol. The van der Waals surface area contributed by atoms with Crippen LogP contribution >= 0.6 is 0 Å². The van der Waals surface area contributed by atoms with Crippen LogP contribution in [0.15, 0.2) is 29.0 Å². The van der Waals surface area contributed by atoms with E-state index in [0.29, 0.717) is 0 Å².